The van der Waals surface area contributed by atoms with Gasteiger partial charge in [-0.15, -0.1) is 0 Å². The first kappa shape index (κ1) is 14.6. The number of pyridine rings is 1. The van der Waals surface area contributed by atoms with Crippen LogP contribution in [0.5, 0.6) is 0 Å². The van der Waals surface area contributed by atoms with E-state index in [1.54, 1.807) is 17.9 Å². The quantitative estimate of drug-likeness (QED) is 0.938. The van der Waals surface area contributed by atoms with Gasteiger partial charge in [-0.2, -0.15) is 18.3 Å². The number of rotatable bonds is 3. The minimum absolute atomic E-state index is 0.0919. The molecule has 0 fully saturated rings. The fourth-order valence-corrected chi connectivity index (χ4v) is 1.93. The van der Waals surface area contributed by atoms with E-state index in [4.69, 9.17) is 11.6 Å². The normalized spacial score (nSPS) is 11.7. The van der Waals surface area contributed by atoms with Gasteiger partial charge in [0.2, 0.25) is 0 Å². The van der Waals surface area contributed by atoms with Crippen molar-refractivity contribution in [1.29, 1.82) is 0 Å². The molecule has 0 radical (unpaired) electrons. The average molecular weight is 305 g/mol. The van der Waals surface area contributed by atoms with Crippen LogP contribution in [0.15, 0.2) is 18.5 Å². The van der Waals surface area contributed by atoms with Gasteiger partial charge in [-0.25, -0.2) is 4.98 Å². The Balaban J connectivity index is 2.30. The average Bonchev–Trinajstić information content (AvgIpc) is 2.70. The Morgan fingerprint density at radius 2 is 2.10 bits per heavy atom. The van der Waals surface area contributed by atoms with E-state index in [2.05, 4.69) is 15.4 Å². The molecule has 2 aromatic heterocycles. The SMILES string of the molecule is CCc1nn(C)cc1Nc1ncc(C(F)(F)F)cc1Cl. The van der Waals surface area contributed by atoms with Crippen LogP contribution in [0.2, 0.25) is 5.02 Å². The lowest BCUT2D eigenvalue weighted by molar-refractivity contribution is -0.137. The number of hydrogen-bond acceptors (Lipinski definition) is 3. The molecule has 0 saturated carbocycles. The molecule has 4 nitrogen and oxygen atoms in total. The molecule has 1 N–H and O–H groups in total. The molecule has 0 amide bonds. The third kappa shape index (κ3) is 3.04. The Labute approximate surface area is 118 Å². The second kappa shape index (κ2) is 5.32. The fourth-order valence-electron chi connectivity index (χ4n) is 1.71. The number of hydrogen-bond donors (Lipinski definition) is 1. The van der Waals surface area contributed by atoms with Crippen molar-refractivity contribution in [3.05, 3.63) is 34.7 Å². The minimum atomic E-state index is -4.46. The molecule has 0 bridgehead atoms. The first-order valence-corrected chi connectivity index (χ1v) is 6.21. The van der Waals surface area contributed by atoms with Gasteiger partial charge in [0.25, 0.3) is 0 Å². The molecule has 0 unspecified atom stereocenters. The van der Waals surface area contributed by atoms with Crippen molar-refractivity contribution in [2.75, 3.05) is 5.32 Å². The zero-order valence-corrected chi connectivity index (χ0v) is 11.5. The number of halogens is 4. The van der Waals surface area contributed by atoms with Crippen molar-refractivity contribution in [2.45, 2.75) is 19.5 Å². The molecule has 0 saturated heterocycles. The summed E-state index contributed by atoms with van der Waals surface area (Å²) >= 11 is 5.84. The predicted molar refractivity (Wildman–Crippen MR) is 70.1 cm³/mol. The van der Waals surface area contributed by atoms with Crippen LogP contribution in [-0.2, 0) is 19.6 Å². The van der Waals surface area contributed by atoms with E-state index < -0.39 is 11.7 Å². The van der Waals surface area contributed by atoms with Crippen LogP contribution in [-0.4, -0.2) is 14.8 Å². The Hall–Kier alpha value is -1.76. The van der Waals surface area contributed by atoms with Crippen LogP contribution >= 0.6 is 11.6 Å². The van der Waals surface area contributed by atoms with E-state index in [-0.39, 0.29) is 10.8 Å². The lowest BCUT2D eigenvalue weighted by Crippen LogP contribution is -2.06. The second-order valence-corrected chi connectivity index (χ2v) is 4.60. The summed E-state index contributed by atoms with van der Waals surface area (Å²) < 4.78 is 39.2. The first-order chi connectivity index (χ1) is 9.31. The van der Waals surface area contributed by atoms with Crippen LogP contribution < -0.4 is 5.32 Å². The zero-order valence-electron chi connectivity index (χ0n) is 10.8. The van der Waals surface area contributed by atoms with Crippen LogP contribution in [0, 0.1) is 0 Å². The van der Waals surface area contributed by atoms with Gasteiger partial charge in [-0.3, -0.25) is 4.68 Å². The van der Waals surface area contributed by atoms with E-state index in [0.717, 1.165) is 18.0 Å². The van der Waals surface area contributed by atoms with Crippen molar-refractivity contribution in [3.8, 4) is 0 Å². The van der Waals surface area contributed by atoms with E-state index in [9.17, 15) is 13.2 Å². The Morgan fingerprint density at radius 1 is 1.40 bits per heavy atom. The number of aryl methyl sites for hydroxylation is 2. The number of anilines is 2. The summed E-state index contributed by atoms with van der Waals surface area (Å²) in [5.41, 5.74) is 0.573. The molecule has 0 aromatic carbocycles. The molecule has 0 spiro atoms. The molecule has 20 heavy (non-hydrogen) atoms. The van der Waals surface area contributed by atoms with Crippen LogP contribution in [0.4, 0.5) is 24.7 Å². The second-order valence-electron chi connectivity index (χ2n) is 4.19. The third-order valence-corrected chi connectivity index (χ3v) is 2.95. The van der Waals surface area contributed by atoms with Crippen molar-refractivity contribution < 1.29 is 13.2 Å². The largest absolute Gasteiger partial charge is 0.417 e. The van der Waals surface area contributed by atoms with Gasteiger partial charge in [0.1, 0.15) is 5.82 Å². The number of alkyl halides is 3. The highest BCUT2D eigenvalue weighted by atomic mass is 35.5. The van der Waals surface area contributed by atoms with Gasteiger partial charge in [0, 0.05) is 19.4 Å². The molecule has 0 aliphatic heterocycles. The van der Waals surface area contributed by atoms with E-state index >= 15 is 0 Å². The lowest BCUT2D eigenvalue weighted by atomic mass is 10.2. The molecule has 108 valence electrons. The van der Waals surface area contributed by atoms with Gasteiger partial charge >= 0.3 is 6.18 Å². The number of nitrogens with one attached hydrogen (secondary N) is 1. The Bertz CT molecular complexity index is 622. The predicted octanol–water partition coefficient (Wildman–Crippen LogP) is 3.79. The van der Waals surface area contributed by atoms with Crippen LogP contribution in [0.3, 0.4) is 0 Å². The monoisotopic (exact) mass is 304 g/mol. The third-order valence-electron chi connectivity index (χ3n) is 2.66. The smallest absolute Gasteiger partial charge is 0.336 e. The van der Waals surface area contributed by atoms with Crippen LogP contribution in [0.1, 0.15) is 18.2 Å². The summed E-state index contributed by atoms with van der Waals surface area (Å²) in [6.45, 7) is 1.93. The van der Waals surface area contributed by atoms with Gasteiger partial charge in [0.15, 0.2) is 0 Å². The minimum Gasteiger partial charge on any atom is -0.336 e. The maximum absolute atomic E-state index is 12.5. The molecule has 2 heterocycles. The van der Waals surface area contributed by atoms with Crippen molar-refractivity contribution in [2.24, 2.45) is 7.05 Å². The maximum atomic E-state index is 12.5. The van der Waals surface area contributed by atoms with Crippen molar-refractivity contribution >= 4 is 23.1 Å². The summed E-state index contributed by atoms with van der Waals surface area (Å²) in [5, 5.41) is 7.02. The number of aromatic nitrogens is 3. The molecule has 2 rings (SSSR count). The van der Waals surface area contributed by atoms with Gasteiger partial charge in [-0.05, 0) is 12.5 Å². The summed E-state index contributed by atoms with van der Waals surface area (Å²) in [6.07, 6.45) is -1.32. The maximum Gasteiger partial charge on any atom is 0.417 e. The van der Waals surface area contributed by atoms with E-state index in [1.807, 2.05) is 6.92 Å². The summed E-state index contributed by atoms with van der Waals surface area (Å²) in [7, 11) is 1.76. The lowest BCUT2D eigenvalue weighted by Gasteiger charge is -2.10. The molecule has 0 atom stereocenters. The molecule has 2 aromatic rings. The molecule has 0 aliphatic rings. The van der Waals surface area contributed by atoms with E-state index in [1.165, 1.54) is 0 Å². The molecular weight excluding hydrogens is 293 g/mol. The standard InChI is InChI=1S/C12H12ClF3N4/c1-3-9-10(6-20(2)19-9)18-11-8(13)4-7(5-17-11)12(14,15)16/h4-6H,3H2,1-2H3,(H,17,18). The number of nitrogens with zero attached hydrogens (tertiary/aromatic N) is 3. The van der Waals surface area contributed by atoms with E-state index in [0.29, 0.717) is 12.1 Å². The summed E-state index contributed by atoms with van der Waals surface area (Å²) in [5.74, 6) is 0.169. The fraction of sp³-hybridized carbons (Fsp3) is 0.333. The molecule has 8 heteroatoms. The highest BCUT2D eigenvalue weighted by Gasteiger charge is 2.31. The van der Waals surface area contributed by atoms with Gasteiger partial charge < -0.3 is 5.32 Å². The zero-order chi connectivity index (χ0) is 14.9. The molecule has 0 aliphatic carbocycles. The van der Waals surface area contributed by atoms with Crippen LogP contribution in [0.25, 0.3) is 0 Å². The van der Waals surface area contributed by atoms with Crippen molar-refractivity contribution in [3.63, 3.8) is 0 Å². The summed E-state index contributed by atoms with van der Waals surface area (Å²) in [4.78, 5) is 3.72. The van der Waals surface area contributed by atoms with Gasteiger partial charge in [0.05, 0.1) is 22.0 Å². The topological polar surface area (TPSA) is 42.7 Å². The Kier molecular flexibility index (Phi) is 3.89. The van der Waals surface area contributed by atoms with Gasteiger partial charge in [-0.1, -0.05) is 18.5 Å². The summed E-state index contributed by atoms with van der Waals surface area (Å²) in [6, 6.07) is 0.846. The molecular formula is C12H12ClF3N4. The van der Waals surface area contributed by atoms with Crippen molar-refractivity contribution in [1.82, 2.24) is 14.8 Å². The Morgan fingerprint density at radius 3 is 2.65 bits per heavy atom. The first-order valence-electron chi connectivity index (χ1n) is 5.83. The highest BCUT2D eigenvalue weighted by Crippen LogP contribution is 2.33. The highest BCUT2D eigenvalue weighted by molar-refractivity contribution is 6.33.